The highest BCUT2D eigenvalue weighted by Crippen LogP contribution is 2.19. The van der Waals surface area contributed by atoms with E-state index in [4.69, 9.17) is 0 Å². The van der Waals surface area contributed by atoms with Gasteiger partial charge in [-0.25, -0.2) is 0 Å². The summed E-state index contributed by atoms with van der Waals surface area (Å²) in [5.41, 5.74) is 0. The fourth-order valence-corrected chi connectivity index (χ4v) is 3.49. The largest absolute Gasteiger partial charge is 0.356 e. The SMILES string of the molecule is CCCNC(=O)C1CCCN(C(=O)C2CSCN2)C1.Cl. The van der Waals surface area contributed by atoms with Crippen molar-refractivity contribution >= 4 is 36.0 Å². The van der Waals surface area contributed by atoms with E-state index in [9.17, 15) is 9.59 Å². The molecular weight excluding hydrogens is 298 g/mol. The maximum Gasteiger partial charge on any atom is 0.240 e. The maximum absolute atomic E-state index is 12.3. The van der Waals surface area contributed by atoms with Crippen LogP contribution in [0.1, 0.15) is 26.2 Å². The monoisotopic (exact) mass is 321 g/mol. The number of nitrogens with zero attached hydrogens (tertiary/aromatic N) is 1. The lowest BCUT2D eigenvalue weighted by molar-refractivity contribution is -0.136. The van der Waals surface area contributed by atoms with Crippen LogP contribution in [0, 0.1) is 5.92 Å². The molecular formula is C13H24ClN3O2S. The molecule has 20 heavy (non-hydrogen) atoms. The lowest BCUT2D eigenvalue weighted by Crippen LogP contribution is -2.51. The maximum atomic E-state index is 12.3. The van der Waals surface area contributed by atoms with Crippen molar-refractivity contribution in [3.05, 3.63) is 0 Å². The Kier molecular flexibility index (Phi) is 7.69. The number of amides is 2. The quantitative estimate of drug-likeness (QED) is 0.805. The number of halogens is 1. The van der Waals surface area contributed by atoms with E-state index in [0.717, 1.165) is 44.0 Å². The Bertz CT molecular complexity index is 338. The zero-order valence-electron chi connectivity index (χ0n) is 11.9. The third kappa shape index (κ3) is 4.53. The molecule has 2 amide bonds. The second kappa shape index (κ2) is 8.74. The standard InChI is InChI=1S/C13H23N3O2S.ClH/c1-2-5-14-12(17)10-4-3-6-16(7-10)13(18)11-8-19-9-15-11;/h10-11,15H,2-9H2,1H3,(H,14,17);1H. The Labute approximate surface area is 131 Å². The van der Waals surface area contributed by atoms with Crippen LogP contribution in [0.25, 0.3) is 0 Å². The predicted molar refractivity (Wildman–Crippen MR) is 84.1 cm³/mol. The molecule has 116 valence electrons. The lowest BCUT2D eigenvalue weighted by Gasteiger charge is -2.33. The van der Waals surface area contributed by atoms with Crippen molar-refractivity contribution in [1.29, 1.82) is 0 Å². The van der Waals surface area contributed by atoms with Gasteiger partial charge < -0.3 is 10.2 Å². The minimum absolute atomic E-state index is 0. The number of carbonyl (C=O) groups is 2. The van der Waals surface area contributed by atoms with E-state index in [1.54, 1.807) is 11.8 Å². The molecule has 2 rings (SSSR count). The Hall–Kier alpha value is -0.460. The molecule has 2 N–H and O–H groups in total. The predicted octanol–water partition coefficient (Wildman–Crippen LogP) is 0.835. The van der Waals surface area contributed by atoms with Crippen molar-refractivity contribution in [2.24, 2.45) is 5.92 Å². The van der Waals surface area contributed by atoms with Gasteiger partial charge in [0.05, 0.1) is 12.0 Å². The van der Waals surface area contributed by atoms with Crippen LogP contribution in [0.5, 0.6) is 0 Å². The van der Waals surface area contributed by atoms with Crippen LogP contribution in [0.3, 0.4) is 0 Å². The second-order valence-electron chi connectivity index (χ2n) is 5.19. The first-order valence-corrected chi connectivity index (χ1v) is 8.25. The smallest absolute Gasteiger partial charge is 0.240 e. The Morgan fingerprint density at radius 3 is 2.90 bits per heavy atom. The highest BCUT2D eigenvalue weighted by molar-refractivity contribution is 7.99. The summed E-state index contributed by atoms with van der Waals surface area (Å²) in [5, 5.41) is 6.14. The third-order valence-corrected chi connectivity index (χ3v) is 4.61. The van der Waals surface area contributed by atoms with Crippen LogP contribution in [0.15, 0.2) is 0 Å². The number of nitrogens with one attached hydrogen (secondary N) is 2. The van der Waals surface area contributed by atoms with Crippen molar-refractivity contribution in [1.82, 2.24) is 15.5 Å². The molecule has 2 unspecified atom stereocenters. The third-order valence-electron chi connectivity index (χ3n) is 3.67. The highest BCUT2D eigenvalue weighted by Gasteiger charge is 2.32. The van der Waals surface area contributed by atoms with Gasteiger partial charge in [-0.3, -0.25) is 14.9 Å². The van der Waals surface area contributed by atoms with Gasteiger partial charge in [-0.2, -0.15) is 0 Å². The summed E-state index contributed by atoms with van der Waals surface area (Å²) >= 11 is 1.75. The summed E-state index contributed by atoms with van der Waals surface area (Å²) < 4.78 is 0. The number of carbonyl (C=O) groups excluding carboxylic acids is 2. The van der Waals surface area contributed by atoms with Gasteiger partial charge in [0.1, 0.15) is 0 Å². The van der Waals surface area contributed by atoms with Crippen molar-refractivity contribution in [2.75, 3.05) is 31.3 Å². The van der Waals surface area contributed by atoms with E-state index in [1.165, 1.54) is 0 Å². The number of likely N-dealkylation sites (tertiary alicyclic amines) is 1. The Morgan fingerprint density at radius 1 is 1.45 bits per heavy atom. The Morgan fingerprint density at radius 2 is 2.25 bits per heavy atom. The topological polar surface area (TPSA) is 61.4 Å². The van der Waals surface area contributed by atoms with Gasteiger partial charge in [0.15, 0.2) is 0 Å². The van der Waals surface area contributed by atoms with Crippen molar-refractivity contribution in [2.45, 2.75) is 32.2 Å². The van der Waals surface area contributed by atoms with Gasteiger partial charge in [-0.05, 0) is 19.3 Å². The number of piperidine rings is 1. The van der Waals surface area contributed by atoms with Crippen LogP contribution in [0.2, 0.25) is 0 Å². The molecule has 7 heteroatoms. The molecule has 2 saturated heterocycles. The first-order chi connectivity index (χ1) is 9.22. The zero-order valence-corrected chi connectivity index (χ0v) is 13.5. The number of hydrogen-bond donors (Lipinski definition) is 2. The number of thioether (sulfide) groups is 1. The molecule has 0 aromatic rings. The summed E-state index contributed by atoms with van der Waals surface area (Å²) in [6, 6.07) is -0.0533. The summed E-state index contributed by atoms with van der Waals surface area (Å²) in [6.07, 6.45) is 2.77. The molecule has 0 saturated carbocycles. The van der Waals surface area contributed by atoms with Gasteiger partial charge in [-0.1, -0.05) is 6.92 Å². The van der Waals surface area contributed by atoms with Crippen molar-refractivity contribution in [3.8, 4) is 0 Å². The molecule has 2 fully saturated rings. The molecule has 0 aliphatic carbocycles. The molecule has 2 atom stereocenters. The van der Waals surface area contributed by atoms with Gasteiger partial charge in [0.2, 0.25) is 11.8 Å². The molecule has 0 spiro atoms. The molecule has 2 aliphatic rings. The molecule has 0 aromatic carbocycles. The van der Waals surface area contributed by atoms with E-state index in [1.807, 2.05) is 11.8 Å². The van der Waals surface area contributed by atoms with E-state index in [-0.39, 0.29) is 36.2 Å². The highest BCUT2D eigenvalue weighted by atomic mass is 35.5. The van der Waals surface area contributed by atoms with Crippen LogP contribution in [-0.2, 0) is 9.59 Å². The van der Waals surface area contributed by atoms with Crippen LogP contribution < -0.4 is 10.6 Å². The van der Waals surface area contributed by atoms with Crippen molar-refractivity contribution < 1.29 is 9.59 Å². The minimum Gasteiger partial charge on any atom is -0.356 e. The first kappa shape index (κ1) is 17.6. The summed E-state index contributed by atoms with van der Waals surface area (Å²) in [6.45, 7) is 4.14. The molecule has 5 nitrogen and oxygen atoms in total. The van der Waals surface area contributed by atoms with E-state index >= 15 is 0 Å². The van der Waals surface area contributed by atoms with Crippen molar-refractivity contribution in [3.63, 3.8) is 0 Å². The Balaban J connectivity index is 0.00000200. The zero-order chi connectivity index (χ0) is 13.7. The van der Waals surface area contributed by atoms with Crippen LogP contribution in [-0.4, -0.2) is 54.0 Å². The average molecular weight is 322 g/mol. The molecule has 2 aliphatic heterocycles. The van der Waals surface area contributed by atoms with E-state index in [0.29, 0.717) is 6.54 Å². The van der Waals surface area contributed by atoms with Gasteiger partial charge in [0, 0.05) is 31.3 Å². The average Bonchev–Trinajstić information content (AvgIpc) is 2.98. The van der Waals surface area contributed by atoms with Gasteiger partial charge in [0.25, 0.3) is 0 Å². The molecule has 0 aromatic heterocycles. The fraction of sp³-hybridized carbons (Fsp3) is 0.846. The van der Waals surface area contributed by atoms with E-state index < -0.39 is 0 Å². The molecule has 2 heterocycles. The second-order valence-corrected chi connectivity index (χ2v) is 6.22. The van der Waals surface area contributed by atoms with Crippen LogP contribution >= 0.6 is 24.2 Å². The fourth-order valence-electron chi connectivity index (χ4n) is 2.56. The normalized spacial score (nSPS) is 25.9. The lowest BCUT2D eigenvalue weighted by atomic mass is 9.96. The summed E-state index contributed by atoms with van der Waals surface area (Å²) in [7, 11) is 0. The first-order valence-electron chi connectivity index (χ1n) is 7.10. The van der Waals surface area contributed by atoms with Gasteiger partial charge in [-0.15, -0.1) is 24.2 Å². The minimum atomic E-state index is -0.0533. The van der Waals surface area contributed by atoms with Gasteiger partial charge >= 0.3 is 0 Å². The summed E-state index contributed by atoms with van der Waals surface area (Å²) in [4.78, 5) is 26.1. The number of rotatable bonds is 4. The summed E-state index contributed by atoms with van der Waals surface area (Å²) in [5.74, 6) is 1.94. The number of hydrogen-bond acceptors (Lipinski definition) is 4. The van der Waals surface area contributed by atoms with E-state index in [2.05, 4.69) is 10.6 Å². The molecule has 0 bridgehead atoms. The van der Waals surface area contributed by atoms with Crippen LogP contribution in [0.4, 0.5) is 0 Å². The molecule has 0 radical (unpaired) electrons.